The fourth-order valence-electron chi connectivity index (χ4n) is 7.24. The van der Waals surface area contributed by atoms with Crippen molar-refractivity contribution in [3.05, 3.63) is 58.1 Å². The number of nitrogens with two attached hydrogens (primary N) is 1. The number of carbonyl (C=O) groups excluding carboxylic acids is 2. The van der Waals surface area contributed by atoms with Crippen LogP contribution in [0.15, 0.2) is 36.4 Å². The van der Waals surface area contributed by atoms with E-state index in [1.807, 2.05) is 37.1 Å². The Kier molecular flexibility index (Phi) is 13.8. The highest BCUT2D eigenvalue weighted by Crippen LogP contribution is 2.43. The van der Waals surface area contributed by atoms with E-state index in [0.717, 1.165) is 57.4 Å². The van der Waals surface area contributed by atoms with Gasteiger partial charge in [-0.05, 0) is 102 Å². The third kappa shape index (κ3) is 10.1. The molecule has 5 rings (SSSR count). The third-order valence-corrected chi connectivity index (χ3v) is 10.5. The van der Waals surface area contributed by atoms with Crippen LogP contribution < -0.4 is 16.4 Å². The van der Waals surface area contributed by atoms with Crippen LogP contribution in [0.2, 0.25) is 5.02 Å². The number of nitrogen functional groups attached to an aromatic ring is 1. The number of ether oxygens (including phenoxy) is 1. The number of alkyl halides is 3. The minimum absolute atomic E-state index is 0.0483. The smallest absolute Gasteiger partial charge is 0.397 e. The first kappa shape index (κ1) is 38.9. The minimum atomic E-state index is -4.44. The summed E-state index contributed by atoms with van der Waals surface area (Å²) in [4.78, 5) is 32.8. The molecule has 3 heterocycles. The Morgan fingerprint density at radius 3 is 2.43 bits per heavy atom. The van der Waals surface area contributed by atoms with Gasteiger partial charge < -0.3 is 30.9 Å². The van der Waals surface area contributed by atoms with Gasteiger partial charge in [0.1, 0.15) is 6.10 Å². The van der Waals surface area contributed by atoms with Crippen molar-refractivity contribution in [2.75, 3.05) is 77.1 Å². The van der Waals surface area contributed by atoms with E-state index in [9.17, 15) is 22.8 Å². The maximum atomic E-state index is 13.1. The van der Waals surface area contributed by atoms with Crippen molar-refractivity contribution in [2.45, 2.75) is 76.6 Å². The molecule has 9 nitrogen and oxygen atoms in total. The van der Waals surface area contributed by atoms with E-state index >= 15 is 0 Å². The number of rotatable bonds is 10. The van der Waals surface area contributed by atoms with E-state index in [1.54, 1.807) is 0 Å². The first-order valence-corrected chi connectivity index (χ1v) is 17.7. The topological polar surface area (TPSA) is 103 Å². The van der Waals surface area contributed by atoms with E-state index in [2.05, 4.69) is 33.4 Å². The second-order valence-corrected chi connectivity index (χ2v) is 13.8. The van der Waals surface area contributed by atoms with Crippen LogP contribution in [0.3, 0.4) is 0 Å². The van der Waals surface area contributed by atoms with Crippen LogP contribution in [0.5, 0.6) is 0 Å². The first-order chi connectivity index (χ1) is 23.3. The molecule has 0 aliphatic carbocycles. The van der Waals surface area contributed by atoms with E-state index < -0.39 is 23.5 Å². The molecule has 3 aliphatic rings. The van der Waals surface area contributed by atoms with Gasteiger partial charge in [0.2, 0.25) is 5.91 Å². The third-order valence-electron chi connectivity index (χ3n) is 10.1. The van der Waals surface area contributed by atoms with E-state index in [4.69, 9.17) is 22.1 Å². The number of nitrogens with one attached hydrogen (secondary N) is 2. The number of benzene rings is 2. The summed E-state index contributed by atoms with van der Waals surface area (Å²) in [6.07, 6.45) is -0.454. The molecule has 2 fully saturated rings. The number of fused-ring (bicyclic) bond motifs is 1. The Labute approximate surface area is 293 Å². The summed E-state index contributed by atoms with van der Waals surface area (Å²) in [5.41, 5.74) is 6.11. The van der Waals surface area contributed by atoms with Gasteiger partial charge in [-0.3, -0.25) is 14.5 Å². The number of carbonyl (C=O) groups is 2. The second kappa shape index (κ2) is 17.4. The van der Waals surface area contributed by atoms with Crippen molar-refractivity contribution in [1.29, 1.82) is 0 Å². The Hall–Kier alpha value is -2.90. The molecule has 2 amide bonds. The van der Waals surface area contributed by atoms with Crippen molar-refractivity contribution in [1.82, 2.24) is 20.0 Å². The zero-order chi connectivity index (χ0) is 35.8. The maximum absolute atomic E-state index is 13.1. The van der Waals surface area contributed by atoms with E-state index in [-0.39, 0.29) is 22.3 Å². The number of hydrogen-bond donors (Lipinski definition) is 3. The summed E-state index contributed by atoms with van der Waals surface area (Å²) in [7, 11) is 1.94. The SMILES string of the molecule is CCN1CCC(N2CCN(C(=O)C(C)OCCC3(CCNC)CC(=O)Nc4ccccc43)CC2)CC1.Cc1cc(Cl)c(N)c(C(F)(F)F)c1. The average Bonchev–Trinajstić information content (AvgIpc) is 3.08. The fraction of sp³-hybridized carbons (Fsp3) is 0.611. The van der Waals surface area contributed by atoms with Crippen molar-refractivity contribution >= 4 is 34.8 Å². The fourth-order valence-corrected chi connectivity index (χ4v) is 7.52. The lowest BCUT2D eigenvalue weighted by atomic mass is 9.70. The number of aryl methyl sites for hydroxylation is 1. The molecule has 49 heavy (non-hydrogen) atoms. The molecule has 0 radical (unpaired) electrons. The highest BCUT2D eigenvalue weighted by atomic mass is 35.5. The van der Waals surface area contributed by atoms with Crippen LogP contribution in [-0.2, 0) is 25.9 Å². The quantitative estimate of drug-likeness (QED) is 0.278. The highest BCUT2D eigenvalue weighted by molar-refractivity contribution is 6.33. The van der Waals surface area contributed by atoms with Crippen molar-refractivity contribution in [3.8, 4) is 0 Å². The molecule has 0 aromatic heterocycles. The van der Waals surface area contributed by atoms with Crippen LogP contribution in [0, 0.1) is 6.92 Å². The zero-order valence-electron chi connectivity index (χ0n) is 29.2. The number of anilines is 2. The molecule has 0 bridgehead atoms. The molecule has 2 unspecified atom stereocenters. The van der Waals surface area contributed by atoms with Gasteiger partial charge in [0.15, 0.2) is 0 Å². The number of para-hydroxylation sites is 1. The molecule has 0 spiro atoms. The molecule has 2 atom stereocenters. The van der Waals surface area contributed by atoms with Crippen molar-refractivity contribution in [3.63, 3.8) is 0 Å². The van der Waals surface area contributed by atoms with Gasteiger partial charge in [-0.2, -0.15) is 13.2 Å². The summed E-state index contributed by atoms with van der Waals surface area (Å²) in [5.74, 6) is 0.133. The molecule has 13 heteroatoms. The Morgan fingerprint density at radius 2 is 1.80 bits per heavy atom. The van der Waals surface area contributed by atoms with Crippen molar-refractivity contribution < 1.29 is 27.5 Å². The van der Waals surface area contributed by atoms with Gasteiger partial charge in [0, 0.05) is 56.4 Å². The van der Waals surface area contributed by atoms with E-state index in [1.165, 1.54) is 44.5 Å². The molecule has 0 saturated carbocycles. The standard InChI is InChI=1S/C28H45N5O3.C8H7ClF3N/c1-4-31-14-9-23(10-15-31)32-16-18-33(19-17-32)27(35)22(2)36-20-12-28(11-13-29-3)21-26(34)30-25-8-6-5-7-24(25)28;1-4-2-5(8(10,11)12)7(13)6(9)3-4/h5-8,22-23,29H,4,9-21H2,1-3H3,(H,30,34);2-3H,13H2,1H3. The van der Waals surface area contributed by atoms with Crippen LogP contribution in [0.4, 0.5) is 24.5 Å². The first-order valence-electron chi connectivity index (χ1n) is 17.3. The average molecular weight is 709 g/mol. The summed E-state index contributed by atoms with van der Waals surface area (Å²) < 4.78 is 42.9. The Bertz CT molecular complexity index is 1410. The molecular weight excluding hydrogens is 657 g/mol. The molecule has 272 valence electrons. The zero-order valence-corrected chi connectivity index (χ0v) is 29.9. The second-order valence-electron chi connectivity index (χ2n) is 13.4. The minimum Gasteiger partial charge on any atom is -0.397 e. The monoisotopic (exact) mass is 708 g/mol. The summed E-state index contributed by atoms with van der Waals surface area (Å²) in [5, 5.41) is 6.19. The van der Waals surface area contributed by atoms with Crippen LogP contribution in [0.25, 0.3) is 0 Å². The van der Waals surface area contributed by atoms with Gasteiger partial charge >= 0.3 is 6.18 Å². The normalized spacial score (nSPS) is 21.4. The number of hydrogen-bond acceptors (Lipinski definition) is 7. The van der Waals surface area contributed by atoms with Crippen molar-refractivity contribution in [2.24, 2.45) is 0 Å². The Morgan fingerprint density at radius 1 is 1.12 bits per heavy atom. The predicted octanol–water partition coefficient (Wildman–Crippen LogP) is 5.55. The predicted molar refractivity (Wildman–Crippen MR) is 189 cm³/mol. The van der Waals surface area contributed by atoms with Crippen LogP contribution in [0.1, 0.15) is 62.6 Å². The molecule has 3 aliphatic heterocycles. The van der Waals surface area contributed by atoms with Gasteiger partial charge in [0.05, 0.1) is 16.3 Å². The number of piperidine rings is 1. The number of nitrogens with zero attached hydrogens (tertiary/aromatic N) is 3. The number of halogens is 4. The molecule has 2 aromatic rings. The van der Waals surface area contributed by atoms with Gasteiger partial charge in [-0.25, -0.2) is 0 Å². The highest BCUT2D eigenvalue weighted by Gasteiger charge is 2.40. The lowest BCUT2D eigenvalue weighted by molar-refractivity contribution is -0.145. The lowest BCUT2D eigenvalue weighted by Gasteiger charge is -2.43. The maximum Gasteiger partial charge on any atom is 0.418 e. The largest absolute Gasteiger partial charge is 0.418 e. The molecule has 2 aromatic carbocycles. The van der Waals surface area contributed by atoms with E-state index in [0.29, 0.717) is 31.1 Å². The molecule has 4 N–H and O–H groups in total. The number of amides is 2. The van der Waals surface area contributed by atoms with Crippen LogP contribution >= 0.6 is 11.6 Å². The summed E-state index contributed by atoms with van der Waals surface area (Å²) >= 11 is 5.50. The molecular formula is C36H52ClF3N6O3. The number of likely N-dealkylation sites (tertiary alicyclic amines) is 1. The van der Waals surface area contributed by atoms with Gasteiger partial charge in [-0.15, -0.1) is 0 Å². The lowest BCUT2D eigenvalue weighted by Crippen LogP contribution is -2.55. The van der Waals surface area contributed by atoms with Gasteiger partial charge in [0.25, 0.3) is 5.91 Å². The molecule has 2 saturated heterocycles. The Balaban J connectivity index is 0.000000350. The van der Waals surface area contributed by atoms with Crippen LogP contribution in [-0.4, -0.2) is 105 Å². The van der Waals surface area contributed by atoms with Gasteiger partial charge in [-0.1, -0.05) is 36.7 Å². The number of piperazine rings is 1. The summed E-state index contributed by atoms with van der Waals surface area (Å²) in [6, 6.07) is 11.1. The summed E-state index contributed by atoms with van der Waals surface area (Å²) in [6.45, 7) is 13.9.